The molecule has 5 heteroatoms. The average molecular weight is 292 g/mol. The van der Waals surface area contributed by atoms with E-state index in [4.69, 9.17) is 4.74 Å². The van der Waals surface area contributed by atoms with Crippen molar-refractivity contribution in [3.8, 4) is 0 Å². The molecule has 2 nitrogen and oxygen atoms in total. The minimum atomic E-state index is -2.52. The summed E-state index contributed by atoms with van der Waals surface area (Å²) in [5.41, 5.74) is 0.604. The Hall–Kier alpha value is -0.550. The SMILES string of the molecule is FC(F)c1cc(C2CC(Br)CCO2)ccn1. The van der Waals surface area contributed by atoms with Crippen molar-refractivity contribution >= 4 is 15.9 Å². The summed E-state index contributed by atoms with van der Waals surface area (Å²) in [6.45, 7) is 0.660. The monoisotopic (exact) mass is 291 g/mol. The Balaban J connectivity index is 2.16. The van der Waals surface area contributed by atoms with E-state index in [1.807, 2.05) is 0 Å². The second kappa shape index (κ2) is 5.19. The normalized spacial score (nSPS) is 26.0. The van der Waals surface area contributed by atoms with Gasteiger partial charge in [-0.15, -0.1) is 0 Å². The zero-order valence-corrected chi connectivity index (χ0v) is 10.2. The molecule has 1 saturated heterocycles. The molecule has 16 heavy (non-hydrogen) atoms. The first kappa shape index (κ1) is 11.9. The molecule has 1 aliphatic rings. The summed E-state index contributed by atoms with van der Waals surface area (Å²) in [6, 6.07) is 3.17. The van der Waals surface area contributed by atoms with Gasteiger partial charge in [0.15, 0.2) is 0 Å². The summed E-state index contributed by atoms with van der Waals surface area (Å²) in [5.74, 6) is 0. The molecule has 1 aromatic heterocycles. The molecule has 2 atom stereocenters. The Labute approximate surface area is 101 Å². The fourth-order valence-electron chi connectivity index (χ4n) is 1.77. The van der Waals surface area contributed by atoms with Crippen molar-refractivity contribution < 1.29 is 13.5 Å². The standard InChI is InChI=1S/C11H12BrF2NO/c12-8-2-4-16-10(6-8)7-1-3-15-9(5-7)11(13)14/h1,3,5,8,10-11H,2,4,6H2. The molecule has 0 aliphatic carbocycles. The molecule has 2 unspecified atom stereocenters. The summed E-state index contributed by atoms with van der Waals surface area (Å²) in [7, 11) is 0. The molecule has 88 valence electrons. The van der Waals surface area contributed by atoms with Crippen molar-refractivity contribution in [1.29, 1.82) is 0 Å². The number of aromatic nitrogens is 1. The second-order valence-corrected chi connectivity index (χ2v) is 5.09. The molecule has 0 radical (unpaired) electrons. The van der Waals surface area contributed by atoms with Gasteiger partial charge in [-0.25, -0.2) is 8.78 Å². The first-order chi connectivity index (χ1) is 7.66. The summed E-state index contributed by atoms with van der Waals surface area (Å²) in [4.78, 5) is 4.03. The van der Waals surface area contributed by atoms with Gasteiger partial charge >= 0.3 is 0 Å². The van der Waals surface area contributed by atoms with Crippen molar-refractivity contribution in [3.05, 3.63) is 29.6 Å². The van der Waals surface area contributed by atoms with Crippen LogP contribution < -0.4 is 0 Å². The minimum absolute atomic E-state index is 0.0985. The molecule has 0 bridgehead atoms. The molecule has 1 aromatic rings. The summed E-state index contributed by atoms with van der Waals surface area (Å²) in [5, 5.41) is 0. The molecular weight excluding hydrogens is 280 g/mol. The van der Waals surface area contributed by atoms with Crippen molar-refractivity contribution in [2.45, 2.75) is 30.2 Å². The van der Waals surface area contributed by atoms with Gasteiger partial charge < -0.3 is 4.74 Å². The number of nitrogens with zero attached hydrogens (tertiary/aromatic N) is 1. The fourth-order valence-corrected chi connectivity index (χ4v) is 2.30. The first-order valence-corrected chi connectivity index (χ1v) is 6.08. The number of hydrogen-bond acceptors (Lipinski definition) is 2. The first-order valence-electron chi connectivity index (χ1n) is 5.16. The fraction of sp³-hybridized carbons (Fsp3) is 0.545. The topological polar surface area (TPSA) is 22.1 Å². The zero-order chi connectivity index (χ0) is 11.5. The Morgan fingerprint density at radius 1 is 1.50 bits per heavy atom. The lowest BCUT2D eigenvalue weighted by Crippen LogP contribution is -2.19. The predicted molar refractivity (Wildman–Crippen MR) is 59.8 cm³/mol. The highest BCUT2D eigenvalue weighted by molar-refractivity contribution is 9.09. The van der Waals surface area contributed by atoms with Crippen LogP contribution in [0.4, 0.5) is 8.78 Å². The van der Waals surface area contributed by atoms with Gasteiger partial charge in [0.2, 0.25) is 0 Å². The van der Waals surface area contributed by atoms with E-state index in [1.165, 1.54) is 12.3 Å². The highest BCUT2D eigenvalue weighted by atomic mass is 79.9. The maximum Gasteiger partial charge on any atom is 0.280 e. The lowest BCUT2D eigenvalue weighted by atomic mass is 10.0. The van der Waals surface area contributed by atoms with Crippen LogP contribution in [0.3, 0.4) is 0 Å². The van der Waals surface area contributed by atoms with E-state index in [9.17, 15) is 8.78 Å². The molecule has 0 amide bonds. The van der Waals surface area contributed by atoms with Crippen LogP contribution in [-0.4, -0.2) is 16.4 Å². The summed E-state index contributed by atoms with van der Waals surface area (Å²) in [6.07, 6.45) is 0.565. The average Bonchev–Trinajstić information content (AvgIpc) is 2.29. The van der Waals surface area contributed by atoms with Crippen LogP contribution in [0.15, 0.2) is 18.3 Å². The van der Waals surface area contributed by atoms with Crippen molar-refractivity contribution in [1.82, 2.24) is 4.98 Å². The van der Waals surface area contributed by atoms with Gasteiger partial charge in [-0.3, -0.25) is 4.98 Å². The van der Waals surface area contributed by atoms with Crippen molar-refractivity contribution in [3.63, 3.8) is 0 Å². The Morgan fingerprint density at radius 3 is 3.00 bits per heavy atom. The molecule has 2 heterocycles. The summed E-state index contributed by atoms with van der Waals surface area (Å²) >= 11 is 3.53. The van der Waals surface area contributed by atoms with Gasteiger partial charge in [0, 0.05) is 17.6 Å². The minimum Gasteiger partial charge on any atom is -0.373 e. The second-order valence-electron chi connectivity index (χ2n) is 3.80. The van der Waals surface area contributed by atoms with Gasteiger partial charge in [-0.05, 0) is 30.5 Å². The van der Waals surface area contributed by atoms with Crippen LogP contribution in [0, 0.1) is 0 Å². The zero-order valence-electron chi connectivity index (χ0n) is 8.57. The van der Waals surface area contributed by atoms with Gasteiger partial charge in [0.1, 0.15) is 5.69 Å². The lowest BCUT2D eigenvalue weighted by molar-refractivity contribution is 0.0184. The van der Waals surface area contributed by atoms with Gasteiger partial charge in [-0.2, -0.15) is 0 Å². The molecule has 0 saturated carbocycles. The van der Waals surface area contributed by atoms with E-state index in [-0.39, 0.29) is 11.8 Å². The third-order valence-corrected chi connectivity index (χ3v) is 3.45. The molecule has 0 N–H and O–H groups in total. The Morgan fingerprint density at radius 2 is 2.31 bits per heavy atom. The maximum atomic E-state index is 12.5. The van der Waals surface area contributed by atoms with E-state index in [1.54, 1.807) is 6.07 Å². The predicted octanol–water partition coefficient (Wildman–Crippen LogP) is 3.63. The van der Waals surface area contributed by atoms with E-state index < -0.39 is 6.43 Å². The highest BCUT2D eigenvalue weighted by Crippen LogP contribution is 2.32. The number of pyridine rings is 1. The van der Waals surface area contributed by atoms with Crippen molar-refractivity contribution in [2.75, 3.05) is 6.61 Å². The molecule has 2 rings (SSSR count). The maximum absolute atomic E-state index is 12.5. The van der Waals surface area contributed by atoms with Crippen LogP contribution in [0.2, 0.25) is 0 Å². The number of rotatable bonds is 2. The number of alkyl halides is 3. The van der Waals surface area contributed by atoms with Crippen LogP contribution in [0.1, 0.15) is 36.6 Å². The number of halogens is 3. The lowest BCUT2D eigenvalue weighted by Gasteiger charge is -2.26. The van der Waals surface area contributed by atoms with Crippen LogP contribution in [0.5, 0.6) is 0 Å². The van der Waals surface area contributed by atoms with Gasteiger partial charge in [0.25, 0.3) is 6.43 Å². The smallest absolute Gasteiger partial charge is 0.280 e. The molecule has 1 fully saturated rings. The molecule has 0 aromatic carbocycles. The molecular formula is C11H12BrF2NO. The van der Waals surface area contributed by atoms with Crippen LogP contribution in [0.25, 0.3) is 0 Å². The quantitative estimate of drug-likeness (QED) is 0.776. The third kappa shape index (κ3) is 2.77. The Bertz CT molecular complexity index is 362. The van der Waals surface area contributed by atoms with Crippen molar-refractivity contribution in [2.24, 2.45) is 0 Å². The largest absolute Gasteiger partial charge is 0.373 e. The van der Waals surface area contributed by atoms with Crippen LogP contribution in [-0.2, 0) is 4.74 Å². The highest BCUT2D eigenvalue weighted by Gasteiger charge is 2.23. The van der Waals surface area contributed by atoms with E-state index >= 15 is 0 Å². The molecule has 1 aliphatic heterocycles. The van der Waals surface area contributed by atoms with E-state index in [0.717, 1.165) is 18.4 Å². The number of ether oxygens (including phenoxy) is 1. The van der Waals surface area contributed by atoms with Crippen LogP contribution >= 0.6 is 15.9 Å². The van der Waals surface area contributed by atoms with E-state index in [2.05, 4.69) is 20.9 Å². The van der Waals surface area contributed by atoms with E-state index in [0.29, 0.717) is 11.4 Å². The van der Waals surface area contributed by atoms with Gasteiger partial charge in [-0.1, -0.05) is 15.9 Å². The molecule has 0 spiro atoms. The number of hydrogen-bond donors (Lipinski definition) is 0. The summed E-state index contributed by atoms with van der Waals surface area (Å²) < 4.78 is 30.5. The van der Waals surface area contributed by atoms with Gasteiger partial charge in [0.05, 0.1) is 6.10 Å². The third-order valence-electron chi connectivity index (χ3n) is 2.62. The Kier molecular flexibility index (Phi) is 3.86.